The topological polar surface area (TPSA) is 113 Å². The molecule has 2 bridgehead atoms. The molecule has 0 spiro atoms. The summed E-state index contributed by atoms with van der Waals surface area (Å²) in [5.74, 6) is 0.337. The van der Waals surface area contributed by atoms with Crippen molar-refractivity contribution in [1.82, 2.24) is 20.2 Å². The highest BCUT2D eigenvalue weighted by Crippen LogP contribution is 2.51. The Morgan fingerprint density at radius 3 is 2.98 bits per heavy atom. The predicted octanol–water partition coefficient (Wildman–Crippen LogP) is 4.93. The molecule has 0 saturated carbocycles. The van der Waals surface area contributed by atoms with Gasteiger partial charge in [-0.2, -0.15) is 15.2 Å². The molecule has 2 aromatic carbocycles. The van der Waals surface area contributed by atoms with E-state index in [0.29, 0.717) is 57.7 Å². The minimum atomic E-state index is -0.605. The summed E-state index contributed by atoms with van der Waals surface area (Å²) >= 11 is 8.38. The molecule has 8 rings (SSSR count). The van der Waals surface area contributed by atoms with Crippen molar-refractivity contribution in [3.05, 3.63) is 34.6 Å². The lowest BCUT2D eigenvalue weighted by Gasteiger charge is -2.40. The molecule has 0 radical (unpaired) electrons. The molecular formula is C30H29ClFN7O2S. The van der Waals surface area contributed by atoms with Gasteiger partial charge in [0.1, 0.15) is 35.6 Å². The zero-order valence-electron chi connectivity index (χ0n) is 23.0. The zero-order chi connectivity index (χ0) is 28.7. The highest BCUT2D eigenvalue weighted by molar-refractivity contribution is 7.23. The van der Waals surface area contributed by atoms with Crippen molar-refractivity contribution in [2.75, 3.05) is 44.0 Å². The fraction of sp³-hybridized carbons (Fsp3) is 0.433. The van der Waals surface area contributed by atoms with E-state index in [1.54, 1.807) is 6.07 Å². The van der Waals surface area contributed by atoms with Crippen molar-refractivity contribution in [3.8, 4) is 29.0 Å². The third kappa shape index (κ3) is 3.85. The summed E-state index contributed by atoms with van der Waals surface area (Å²) in [7, 11) is 2.09. The minimum absolute atomic E-state index is 0.00376. The molecule has 0 amide bonds. The van der Waals surface area contributed by atoms with E-state index in [1.807, 2.05) is 12.1 Å². The van der Waals surface area contributed by atoms with Gasteiger partial charge in [0.15, 0.2) is 11.6 Å². The molecule has 3 fully saturated rings. The number of anilines is 2. The van der Waals surface area contributed by atoms with Gasteiger partial charge in [0.2, 0.25) is 0 Å². The monoisotopic (exact) mass is 605 g/mol. The summed E-state index contributed by atoms with van der Waals surface area (Å²) in [4.78, 5) is 14.1. The molecule has 3 saturated heterocycles. The fourth-order valence-corrected chi connectivity index (χ4v) is 8.51. The Bertz CT molecular complexity index is 1810. The lowest BCUT2D eigenvalue weighted by Crippen LogP contribution is -2.60. The van der Waals surface area contributed by atoms with Crippen molar-refractivity contribution in [1.29, 1.82) is 5.26 Å². The van der Waals surface area contributed by atoms with Gasteiger partial charge in [-0.05, 0) is 50.9 Å². The molecule has 3 unspecified atom stereocenters. The number of nitrogen functional groups attached to an aromatic ring is 1. The maximum absolute atomic E-state index is 17.0. The first-order valence-electron chi connectivity index (χ1n) is 14.4. The number of aromatic nitrogens is 2. The summed E-state index contributed by atoms with van der Waals surface area (Å²) < 4.78 is 30.4. The molecule has 4 atom stereocenters. The van der Waals surface area contributed by atoms with Crippen LogP contribution in [0.4, 0.5) is 15.2 Å². The summed E-state index contributed by atoms with van der Waals surface area (Å²) in [5, 5.41) is 15.2. The third-order valence-corrected chi connectivity index (χ3v) is 10.7. The second-order valence-electron chi connectivity index (χ2n) is 11.7. The molecule has 3 N–H and O–H groups in total. The molecule has 4 aliphatic rings. The van der Waals surface area contributed by atoms with Crippen molar-refractivity contribution in [2.24, 2.45) is 0 Å². The Morgan fingerprint density at radius 2 is 2.17 bits per heavy atom. The van der Waals surface area contributed by atoms with Gasteiger partial charge < -0.3 is 30.3 Å². The van der Waals surface area contributed by atoms with Crippen molar-refractivity contribution in [2.45, 2.75) is 49.9 Å². The Hall–Kier alpha value is -3.43. The van der Waals surface area contributed by atoms with Crippen LogP contribution in [0.5, 0.6) is 11.8 Å². The lowest BCUT2D eigenvalue weighted by atomic mass is 9.96. The van der Waals surface area contributed by atoms with Gasteiger partial charge in [0.25, 0.3) is 0 Å². The normalized spacial score (nSPS) is 25.0. The van der Waals surface area contributed by atoms with Crippen molar-refractivity contribution >= 4 is 54.7 Å². The maximum atomic E-state index is 17.0. The van der Waals surface area contributed by atoms with Crippen LogP contribution >= 0.6 is 22.9 Å². The van der Waals surface area contributed by atoms with Crippen LogP contribution < -0.4 is 25.4 Å². The smallest absolute Gasteiger partial charge is 0.319 e. The molecule has 4 aliphatic heterocycles. The van der Waals surface area contributed by atoms with E-state index in [2.05, 4.69) is 33.2 Å². The quantitative estimate of drug-likeness (QED) is 0.334. The van der Waals surface area contributed by atoms with E-state index < -0.39 is 5.82 Å². The molecular weight excluding hydrogens is 577 g/mol. The number of piperazine rings is 1. The van der Waals surface area contributed by atoms with E-state index in [1.165, 1.54) is 11.3 Å². The minimum Gasteiger partial charge on any atom is -0.489 e. The van der Waals surface area contributed by atoms with Crippen LogP contribution in [0, 0.1) is 17.1 Å². The number of thiophene rings is 1. The van der Waals surface area contributed by atoms with Crippen molar-refractivity contribution in [3.63, 3.8) is 0 Å². The number of ether oxygens (including phenoxy) is 2. The largest absolute Gasteiger partial charge is 0.489 e. The first-order valence-corrected chi connectivity index (χ1v) is 15.5. The molecule has 216 valence electrons. The number of likely N-dealkylation sites (N-methyl/N-ethyl adjacent to an activating group) is 1. The summed E-state index contributed by atoms with van der Waals surface area (Å²) in [6, 6.07) is 8.56. The number of nitrogens with two attached hydrogens (primary N) is 1. The molecule has 0 aliphatic carbocycles. The van der Waals surface area contributed by atoms with E-state index in [0.717, 1.165) is 43.5 Å². The van der Waals surface area contributed by atoms with Gasteiger partial charge in [0.05, 0.1) is 22.0 Å². The van der Waals surface area contributed by atoms with Gasteiger partial charge in [-0.1, -0.05) is 23.7 Å². The number of benzene rings is 2. The van der Waals surface area contributed by atoms with Gasteiger partial charge >= 0.3 is 6.01 Å². The molecule has 9 nitrogen and oxygen atoms in total. The van der Waals surface area contributed by atoms with Crippen LogP contribution in [0.15, 0.2) is 18.2 Å². The van der Waals surface area contributed by atoms with Gasteiger partial charge in [0, 0.05) is 40.3 Å². The molecule has 4 aromatic rings. The molecule has 6 heterocycles. The Morgan fingerprint density at radius 1 is 1.29 bits per heavy atom. The second-order valence-corrected chi connectivity index (χ2v) is 13.1. The zero-order valence-corrected chi connectivity index (χ0v) is 24.6. The molecule has 12 heteroatoms. The average molecular weight is 606 g/mol. The number of nitrogens with zero attached hydrogens (tertiary/aromatic N) is 5. The van der Waals surface area contributed by atoms with E-state index in [4.69, 9.17) is 31.8 Å². The van der Waals surface area contributed by atoms with Gasteiger partial charge in [-0.3, -0.25) is 0 Å². The van der Waals surface area contributed by atoms with Crippen LogP contribution in [0.3, 0.4) is 0 Å². The average Bonchev–Trinajstić information content (AvgIpc) is 3.64. The SMILES string of the molecule is CN1CCC[C@@H]1COc1nc2c3c(c(Cl)c(-c4cccc5sc(N)c(C#N)c45)c(F)c3n1)OCC1C3CCC(CN21)N3. The Balaban J connectivity index is 1.36. The van der Waals surface area contributed by atoms with E-state index in [9.17, 15) is 5.26 Å². The number of likely N-dealkylation sites (tertiary alicyclic amines) is 1. The third-order valence-electron chi connectivity index (χ3n) is 9.37. The molecule has 42 heavy (non-hydrogen) atoms. The number of fused-ring (bicyclic) bond motifs is 6. The number of hydrogen-bond acceptors (Lipinski definition) is 10. The Labute approximate surface area is 251 Å². The first-order chi connectivity index (χ1) is 20.4. The van der Waals surface area contributed by atoms with Crippen LogP contribution in [0.25, 0.3) is 32.1 Å². The maximum Gasteiger partial charge on any atom is 0.319 e. The van der Waals surface area contributed by atoms with Crippen LogP contribution in [0.2, 0.25) is 5.02 Å². The summed E-state index contributed by atoms with van der Waals surface area (Å²) in [5.41, 5.74) is 7.19. The number of hydrogen-bond donors (Lipinski definition) is 2. The fourth-order valence-electron chi connectivity index (χ4n) is 7.23. The summed E-state index contributed by atoms with van der Waals surface area (Å²) in [6.45, 7) is 2.52. The number of nitriles is 1. The van der Waals surface area contributed by atoms with Gasteiger partial charge in [-0.15, -0.1) is 11.3 Å². The van der Waals surface area contributed by atoms with Gasteiger partial charge in [-0.25, -0.2) is 4.39 Å². The van der Waals surface area contributed by atoms with E-state index >= 15 is 4.39 Å². The number of nitrogens with one attached hydrogen (secondary N) is 1. The standard InChI is InChI=1S/C30H29ClFN7O2S/c1-38-9-3-4-15(38)12-41-30-36-26-23-27(40-13-19-18-8-7-14(35-18)11-39(19)29(23)37-30)24(31)22(25(26)32)16-5-2-6-20-21(16)17(10-33)28(34)42-20/h2,5-6,14-15,18-19,35H,3-4,7-9,11-13,34H2,1H3/t14?,15-,18?,19?/m1/s1. The summed E-state index contributed by atoms with van der Waals surface area (Å²) in [6.07, 6.45) is 4.24. The highest BCUT2D eigenvalue weighted by Gasteiger charge is 2.44. The highest BCUT2D eigenvalue weighted by atomic mass is 35.5. The number of halogens is 2. The predicted molar refractivity (Wildman–Crippen MR) is 162 cm³/mol. The second kappa shape index (κ2) is 9.81. The van der Waals surface area contributed by atoms with Crippen LogP contribution in [-0.4, -0.2) is 72.4 Å². The van der Waals surface area contributed by atoms with E-state index in [-0.39, 0.29) is 40.2 Å². The first kappa shape index (κ1) is 26.2. The molecule has 2 aromatic heterocycles. The Kier molecular flexibility index (Phi) is 6.12. The lowest BCUT2D eigenvalue weighted by molar-refractivity contribution is 0.188. The van der Waals surface area contributed by atoms with Crippen molar-refractivity contribution < 1.29 is 13.9 Å². The van der Waals surface area contributed by atoms with Crippen LogP contribution in [0.1, 0.15) is 31.2 Å². The van der Waals surface area contributed by atoms with Crippen LogP contribution in [-0.2, 0) is 0 Å². The number of rotatable bonds is 4.